The minimum absolute atomic E-state index is 0.118. The first-order valence-electron chi connectivity index (χ1n) is 21.4. The molecule has 2 amide bonds. The first-order chi connectivity index (χ1) is 31.5. The number of fused-ring (bicyclic) bond motifs is 4. The summed E-state index contributed by atoms with van der Waals surface area (Å²) in [5.74, 6) is -0.522. The van der Waals surface area contributed by atoms with Gasteiger partial charge in [0.15, 0.2) is 11.3 Å². The van der Waals surface area contributed by atoms with Crippen LogP contribution in [0, 0.1) is 22.7 Å². The third-order valence-electron chi connectivity index (χ3n) is 10.9. The fourth-order valence-corrected chi connectivity index (χ4v) is 8.39. The molecule has 2 aromatic carbocycles. The van der Waals surface area contributed by atoms with E-state index in [1.54, 1.807) is 40.2 Å². The van der Waals surface area contributed by atoms with Crippen LogP contribution in [0.25, 0.3) is 66.9 Å². The van der Waals surface area contributed by atoms with Crippen LogP contribution in [0.5, 0.6) is 0 Å². The van der Waals surface area contributed by atoms with Crippen LogP contribution in [0.4, 0.5) is 0 Å². The van der Waals surface area contributed by atoms with Gasteiger partial charge in [0.2, 0.25) is 0 Å². The second kappa shape index (κ2) is 20.2. The molecule has 0 aliphatic rings. The number of carbonyl (C=O) groups excluding carboxylic acids is 2. The van der Waals surface area contributed by atoms with Crippen molar-refractivity contribution in [3.05, 3.63) is 82.4 Å². The van der Waals surface area contributed by atoms with Gasteiger partial charge in [-0.15, -0.1) is 0 Å². The third kappa shape index (κ3) is 10.7. The molecular formula is C46H50Cl2N14O3Si. The van der Waals surface area contributed by atoms with Crippen molar-refractivity contribution in [2.45, 2.75) is 84.0 Å². The Morgan fingerprint density at radius 2 is 1.33 bits per heavy atom. The normalized spacial score (nSPS) is 12.5. The van der Waals surface area contributed by atoms with Crippen LogP contribution < -0.4 is 10.6 Å². The molecule has 20 heteroatoms. The number of hydrogen-bond acceptors (Lipinski definition) is 11. The lowest BCUT2D eigenvalue weighted by molar-refractivity contribution is 0.0889. The van der Waals surface area contributed by atoms with Gasteiger partial charge in [0.05, 0.1) is 46.7 Å². The fraction of sp³-hybridized carbons (Fsp3) is 0.348. The van der Waals surface area contributed by atoms with E-state index in [0.717, 1.165) is 27.8 Å². The van der Waals surface area contributed by atoms with Gasteiger partial charge >= 0.3 is 0 Å². The topological polar surface area (TPSA) is 223 Å². The van der Waals surface area contributed by atoms with E-state index in [1.807, 2.05) is 62.8 Å². The number of rotatable bonds is 15. The summed E-state index contributed by atoms with van der Waals surface area (Å²) in [6, 6.07) is 16.1. The van der Waals surface area contributed by atoms with Crippen LogP contribution >= 0.6 is 23.2 Å². The van der Waals surface area contributed by atoms with Crippen LogP contribution in [0.3, 0.4) is 0 Å². The summed E-state index contributed by atoms with van der Waals surface area (Å²) in [4.78, 5) is 47.5. The second-order valence-electron chi connectivity index (χ2n) is 17.4. The average Bonchev–Trinajstić information content (AvgIpc) is 4.05. The highest BCUT2D eigenvalue weighted by atomic mass is 35.5. The van der Waals surface area contributed by atoms with Gasteiger partial charge < -0.3 is 24.9 Å². The molecule has 6 aromatic heterocycles. The van der Waals surface area contributed by atoms with Crippen LogP contribution in [0.1, 0.15) is 60.2 Å². The molecule has 66 heavy (non-hydrogen) atoms. The Morgan fingerprint density at radius 3 is 1.88 bits per heavy atom. The van der Waals surface area contributed by atoms with Crippen molar-refractivity contribution in [1.29, 1.82) is 10.5 Å². The number of hydrogen-bond donors (Lipinski definition) is 3. The van der Waals surface area contributed by atoms with Gasteiger partial charge in [0, 0.05) is 86.9 Å². The molecule has 0 radical (unpaired) electrons. The lowest BCUT2D eigenvalue weighted by atomic mass is 10.1. The van der Waals surface area contributed by atoms with E-state index < -0.39 is 8.07 Å². The van der Waals surface area contributed by atoms with E-state index in [9.17, 15) is 9.59 Å². The summed E-state index contributed by atoms with van der Waals surface area (Å²) in [6.45, 7) is 11.6. The molecule has 0 fully saturated rings. The van der Waals surface area contributed by atoms with Gasteiger partial charge in [-0.05, 0) is 69.1 Å². The molecule has 2 atom stereocenters. The molecule has 8 aromatic rings. The Labute approximate surface area is 392 Å². The molecule has 0 spiro atoms. The Balaban J connectivity index is 0.000000202. The van der Waals surface area contributed by atoms with Gasteiger partial charge in [-0.3, -0.25) is 19.0 Å². The fourth-order valence-electron chi connectivity index (χ4n) is 7.30. The molecule has 0 bridgehead atoms. The molecule has 0 saturated carbocycles. The number of amides is 2. The monoisotopic (exact) mass is 944 g/mol. The SMILES string of the molecule is C[C@H](CCC#N)NC(=O)c1c[nH]c2ncc(-c3nn(C)c4cc(Cl)ccc34)nc12.C[C@H](CCC#N)NC(=O)c1cn(COCC[Si](C)(C)C)c2ncc(-c3nn(C)c4cc(Cl)ccc34)nc12. The first kappa shape index (κ1) is 47.3. The van der Waals surface area contributed by atoms with Crippen LogP contribution in [0.2, 0.25) is 35.7 Å². The number of ether oxygens (including phenoxy) is 1. The van der Waals surface area contributed by atoms with Crippen molar-refractivity contribution >= 4 is 87.2 Å². The number of benzene rings is 2. The standard InChI is InChI=1S/C26H32ClN7O2Si.C20H18ClN7O/c1-17(7-6-10-28)30-26(35)20-15-34(16-36-11-12-37(3,4)5)25-24(20)31-21(14-29-25)23-19-9-8-18(27)13-22(19)33(2)32-23;1-11(4-3-7-22)25-20(29)14-9-23-19-18(14)26-15(10-24-19)17-13-6-5-12(21)8-16(13)28(2)27-17/h8-9,13-15,17H,6-7,11-12,16H2,1-5H3,(H,30,35);5-6,8-11H,3-4H2,1-2H3,(H,23,24)(H,25,29)/t17-;11-/m11/s1. The molecule has 0 saturated heterocycles. The maximum Gasteiger partial charge on any atom is 0.255 e. The smallest absolute Gasteiger partial charge is 0.255 e. The summed E-state index contributed by atoms with van der Waals surface area (Å²) in [7, 11) is 2.46. The Kier molecular flexibility index (Phi) is 14.5. The largest absolute Gasteiger partial charge is 0.361 e. The Morgan fingerprint density at radius 1 is 0.803 bits per heavy atom. The predicted molar refractivity (Wildman–Crippen MR) is 259 cm³/mol. The third-order valence-corrected chi connectivity index (χ3v) is 13.1. The van der Waals surface area contributed by atoms with Crippen LogP contribution in [-0.4, -0.2) is 87.6 Å². The minimum atomic E-state index is -1.23. The van der Waals surface area contributed by atoms with Crippen molar-refractivity contribution in [3.8, 4) is 34.9 Å². The average molecular weight is 946 g/mol. The number of halogens is 2. The van der Waals surface area contributed by atoms with Gasteiger partial charge in [0.1, 0.15) is 40.5 Å². The van der Waals surface area contributed by atoms with Crippen molar-refractivity contribution in [3.63, 3.8) is 0 Å². The van der Waals surface area contributed by atoms with Crippen LogP contribution in [0.15, 0.2) is 61.2 Å². The molecule has 0 aliphatic carbocycles. The van der Waals surface area contributed by atoms with Gasteiger partial charge in [-0.1, -0.05) is 42.8 Å². The summed E-state index contributed by atoms with van der Waals surface area (Å²) in [6.07, 6.45) is 8.55. The highest BCUT2D eigenvalue weighted by molar-refractivity contribution is 6.76. The molecule has 17 nitrogen and oxygen atoms in total. The predicted octanol–water partition coefficient (Wildman–Crippen LogP) is 8.96. The zero-order valence-electron chi connectivity index (χ0n) is 37.8. The highest BCUT2D eigenvalue weighted by Gasteiger charge is 2.23. The van der Waals surface area contributed by atoms with E-state index in [1.165, 1.54) is 0 Å². The quantitative estimate of drug-likeness (QED) is 0.0650. The highest BCUT2D eigenvalue weighted by Crippen LogP contribution is 2.31. The molecular weight excluding hydrogens is 896 g/mol. The molecule has 340 valence electrons. The van der Waals surface area contributed by atoms with Gasteiger partial charge in [-0.2, -0.15) is 20.7 Å². The van der Waals surface area contributed by atoms with Crippen molar-refractivity contribution in [2.75, 3.05) is 6.61 Å². The first-order valence-corrected chi connectivity index (χ1v) is 25.9. The Hall–Kier alpha value is -6.70. The number of nitrogens with one attached hydrogen (secondary N) is 3. The van der Waals surface area contributed by atoms with Crippen LogP contribution in [-0.2, 0) is 25.6 Å². The lowest BCUT2D eigenvalue weighted by Gasteiger charge is -2.15. The van der Waals surface area contributed by atoms with E-state index >= 15 is 0 Å². The molecule has 0 unspecified atom stereocenters. The summed E-state index contributed by atoms with van der Waals surface area (Å²) in [5.41, 5.74) is 7.06. The number of aromatic amines is 1. The second-order valence-corrected chi connectivity index (χ2v) is 23.8. The molecule has 0 aliphatic heterocycles. The number of H-pyrrole nitrogens is 1. The number of aryl methyl sites for hydroxylation is 2. The Bertz CT molecular complexity index is 3170. The zero-order chi connectivity index (χ0) is 47.3. The number of carbonyl (C=O) groups is 2. The summed E-state index contributed by atoms with van der Waals surface area (Å²) < 4.78 is 11.3. The minimum Gasteiger partial charge on any atom is -0.361 e. The van der Waals surface area contributed by atoms with Gasteiger partial charge in [0.25, 0.3) is 11.8 Å². The van der Waals surface area contributed by atoms with Crippen molar-refractivity contribution in [1.82, 2.24) is 59.7 Å². The zero-order valence-corrected chi connectivity index (χ0v) is 40.3. The lowest BCUT2D eigenvalue weighted by Crippen LogP contribution is -2.32. The summed E-state index contributed by atoms with van der Waals surface area (Å²) >= 11 is 12.3. The van der Waals surface area contributed by atoms with E-state index in [4.69, 9.17) is 43.4 Å². The molecule has 6 heterocycles. The van der Waals surface area contributed by atoms with Crippen molar-refractivity contribution < 1.29 is 14.3 Å². The van der Waals surface area contributed by atoms with E-state index in [-0.39, 0.29) is 30.6 Å². The van der Waals surface area contributed by atoms with Gasteiger partial charge in [-0.25, -0.2) is 19.9 Å². The number of nitrogens with zero attached hydrogens (tertiary/aromatic N) is 11. The van der Waals surface area contributed by atoms with E-state index in [0.29, 0.717) is 98.6 Å². The number of aromatic nitrogens is 10. The maximum absolute atomic E-state index is 13.3. The van der Waals surface area contributed by atoms with Crippen molar-refractivity contribution in [2.24, 2.45) is 14.1 Å². The molecule has 3 N–H and O–H groups in total. The molecule has 8 rings (SSSR count). The maximum atomic E-state index is 13.3. The summed E-state index contributed by atoms with van der Waals surface area (Å²) in [5, 5.41) is 35.7. The van der Waals surface area contributed by atoms with E-state index in [2.05, 4.69) is 72.5 Å². The number of nitriles is 2.